The van der Waals surface area contributed by atoms with E-state index in [2.05, 4.69) is 11.4 Å². The molecule has 0 saturated carbocycles. The summed E-state index contributed by atoms with van der Waals surface area (Å²) < 4.78 is 11.2. The Morgan fingerprint density at radius 2 is 1.69 bits per heavy atom. The van der Waals surface area contributed by atoms with Gasteiger partial charge in [0.1, 0.15) is 18.1 Å². The standard InChI is InChI=1S/C22H23NO3/c1-15-8-9-16(2)20(12-15)26-11-10-23-22(24)19-13-17-6-4-5-7-18(17)14-21(19)25-3/h4-9,12-14H,10-11H2,1-3H3,(H,23,24). The molecular weight excluding hydrogens is 326 g/mol. The van der Waals surface area contributed by atoms with Gasteiger partial charge in [-0.3, -0.25) is 4.79 Å². The van der Waals surface area contributed by atoms with Crippen molar-refractivity contribution in [1.82, 2.24) is 5.32 Å². The summed E-state index contributed by atoms with van der Waals surface area (Å²) in [5.74, 6) is 1.25. The molecule has 0 aliphatic carbocycles. The summed E-state index contributed by atoms with van der Waals surface area (Å²) in [5.41, 5.74) is 2.76. The summed E-state index contributed by atoms with van der Waals surface area (Å²) in [4.78, 5) is 12.6. The summed E-state index contributed by atoms with van der Waals surface area (Å²) in [6, 6.07) is 17.7. The fourth-order valence-electron chi connectivity index (χ4n) is 2.85. The minimum absolute atomic E-state index is 0.169. The zero-order valence-electron chi connectivity index (χ0n) is 15.3. The van der Waals surface area contributed by atoms with Crippen molar-refractivity contribution in [3.05, 3.63) is 71.3 Å². The van der Waals surface area contributed by atoms with Crippen molar-refractivity contribution in [3.8, 4) is 11.5 Å². The van der Waals surface area contributed by atoms with Gasteiger partial charge in [0.15, 0.2) is 0 Å². The van der Waals surface area contributed by atoms with Crippen LogP contribution in [0.5, 0.6) is 11.5 Å². The number of amides is 1. The molecular formula is C22H23NO3. The van der Waals surface area contributed by atoms with Gasteiger partial charge in [0.2, 0.25) is 0 Å². The number of nitrogens with one attached hydrogen (secondary N) is 1. The van der Waals surface area contributed by atoms with E-state index in [1.54, 1.807) is 7.11 Å². The maximum absolute atomic E-state index is 12.6. The molecule has 0 unspecified atom stereocenters. The number of carbonyl (C=O) groups excluding carboxylic acids is 1. The highest BCUT2D eigenvalue weighted by Gasteiger charge is 2.13. The average Bonchev–Trinajstić information content (AvgIpc) is 2.66. The Labute approximate surface area is 153 Å². The van der Waals surface area contributed by atoms with Crippen molar-refractivity contribution < 1.29 is 14.3 Å². The molecule has 1 N–H and O–H groups in total. The Bertz CT molecular complexity index is 934. The monoisotopic (exact) mass is 349 g/mol. The first-order valence-electron chi connectivity index (χ1n) is 8.63. The molecule has 0 radical (unpaired) electrons. The summed E-state index contributed by atoms with van der Waals surface area (Å²) in [7, 11) is 1.57. The fourth-order valence-corrected chi connectivity index (χ4v) is 2.85. The molecule has 3 rings (SSSR count). The van der Waals surface area contributed by atoms with Gasteiger partial charge in [-0.2, -0.15) is 0 Å². The van der Waals surface area contributed by atoms with E-state index in [1.165, 1.54) is 0 Å². The lowest BCUT2D eigenvalue weighted by molar-refractivity contribution is 0.0944. The minimum atomic E-state index is -0.169. The van der Waals surface area contributed by atoms with Crippen LogP contribution in [-0.4, -0.2) is 26.2 Å². The van der Waals surface area contributed by atoms with Crippen molar-refractivity contribution in [2.45, 2.75) is 13.8 Å². The number of methoxy groups -OCH3 is 1. The van der Waals surface area contributed by atoms with E-state index in [0.29, 0.717) is 24.5 Å². The quantitative estimate of drug-likeness (QED) is 0.676. The van der Waals surface area contributed by atoms with E-state index < -0.39 is 0 Å². The second kappa shape index (κ2) is 7.91. The third-order valence-corrected chi connectivity index (χ3v) is 4.30. The second-order valence-electron chi connectivity index (χ2n) is 6.27. The second-order valence-corrected chi connectivity index (χ2v) is 6.27. The van der Waals surface area contributed by atoms with E-state index in [0.717, 1.165) is 27.6 Å². The number of fused-ring (bicyclic) bond motifs is 1. The van der Waals surface area contributed by atoms with E-state index >= 15 is 0 Å². The lowest BCUT2D eigenvalue weighted by Crippen LogP contribution is -2.28. The molecule has 26 heavy (non-hydrogen) atoms. The molecule has 0 bridgehead atoms. The number of aryl methyl sites for hydroxylation is 2. The van der Waals surface area contributed by atoms with Crippen LogP contribution in [0.4, 0.5) is 0 Å². The molecule has 1 amide bonds. The maximum atomic E-state index is 12.6. The lowest BCUT2D eigenvalue weighted by atomic mass is 10.1. The summed E-state index contributed by atoms with van der Waals surface area (Å²) >= 11 is 0. The van der Waals surface area contributed by atoms with Crippen LogP contribution in [-0.2, 0) is 0 Å². The first-order valence-corrected chi connectivity index (χ1v) is 8.63. The van der Waals surface area contributed by atoms with Crippen molar-refractivity contribution in [2.24, 2.45) is 0 Å². The average molecular weight is 349 g/mol. The number of hydrogen-bond acceptors (Lipinski definition) is 3. The summed E-state index contributed by atoms with van der Waals surface area (Å²) in [6.07, 6.45) is 0. The van der Waals surface area contributed by atoms with Crippen LogP contribution in [0.1, 0.15) is 21.5 Å². The molecule has 0 saturated heterocycles. The minimum Gasteiger partial charge on any atom is -0.496 e. The number of hydrogen-bond donors (Lipinski definition) is 1. The van der Waals surface area contributed by atoms with Gasteiger partial charge in [-0.25, -0.2) is 0 Å². The Morgan fingerprint density at radius 3 is 2.42 bits per heavy atom. The molecule has 4 nitrogen and oxygen atoms in total. The Morgan fingerprint density at radius 1 is 0.962 bits per heavy atom. The largest absolute Gasteiger partial charge is 0.496 e. The summed E-state index contributed by atoms with van der Waals surface area (Å²) in [6.45, 7) is 4.86. The van der Waals surface area contributed by atoms with Crippen molar-refractivity contribution >= 4 is 16.7 Å². The van der Waals surface area contributed by atoms with Crippen molar-refractivity contribution in [3.63, 3.8) is 0 Å². The molecule has 4 heteroatoms. The Hall–Kier alpha value is -3.01. The summed E-state index contributed by atoms with van der Waals surface area (Å²) in [5, 5.41) is 4.94. The third kappa shape index (κ3) is 3.97. The van der Waals surface area contributed by atoms with Gasteiger partial charge in [0, 0.05) is 0 Å². The van der Waals surface area contributed by atoms with Gasteiger partial charge in [-0.1, -0.05) is 36.4 Å². The van der Waals surface area contributed by atoms with E-state index in [-0.39, 0.29) is 5.91 Å². The highest BCUT2D eigenvalue weighted by atomic mass is 16.5. The van der Waals surface area contributed by atoms with Crippen LogP contribution in [0, 0.1) is 13.8 Å². The first kappa shape index (κ1) is 17.8. The smallest absolute Gasteiger partial charge is 0.255 e. The fraction of sp³-hybridized carbons (Fsp3) is 0.227. The van der Waals surface area contributed by atoms with Gasteiger partial charge in [0.25, 0.3) is 5.91 Å². The Kier molecular flexibility index (Phi) is 5.42. The zero-order chi connectivity index (χ0) is 18.5. The molecule has 0 atom stereocenters. The number of rotatable bonds is 6. The van der Waals surface area contributed by atoms with Gasteiger partial charge in [0.05, 0.1) is 19.2 Å². The molecule has 134 valence electrons. The molecule has 0 heterocycles. The van der Waals surface area contributed by atoms with Crippen LogP contribution in [0.2, 0.25) is 0 Å². The predicted molar refractivity (Wildman–Crippen MR) is 104 cm³/mol. The molecule has 0 aromatic heterocycles. The number of benzene rings is 3. The predicted octanol–water partition coefficient (Wildman–Crippen LogP) is 4.27. The molecule has 0 fully saturated rings. The van der Waals surface area contributed by atoms with Gasteiger partial charge in [-0.05, 0) is 53.9 Å². The van der Waals surface area contributed by atoms with Crippen LogP contribution >= 0.6 is 0 Å². The maximum Gasteiger partial charge on any atom is 0.255 e. The number of ether oxygens (including phenoxy) is 2. The molecule has 3 aromatic carbocycles. The van der Waals surface area contributed by atoms with E-state index in [4.69, 9.17) is 9.47 Å². The highest BCUT2D eigenvalue weighted by Crippen LogP contribution is 2.26. The highest BCUT2D eigenvalue weighted by molar-refractivity contribution is 6.01. The third-order valence-electron chi connectivity index (χ3n) is 4.30. The molecule has 0 spiro atoms. The van der Waals surface area contributed by atoms with E-state index in [9.17, 15) is 4.79 Å². The lowest BCUT2D eigenvalue weighted by Gasteiger charge is -2.13. The van der Waals surface area contributed by atoms with Crippen LogP contribution in [0.3, 0.4) is 0 Å². The SMILES string of the molecule is COc1cc2ccccc2cc1C(=O)NCCOc1cc(C)ccc1C. The Balaban J connectivity index is 1.64. The van der Waals surface area contributed by atoms with Crippen LogP contribution in [0.25, 0.3) is 10.8 Å². The first-order chi connectivity index (χ1) is 12.6. The van der Waals surface area contributed by atoms with Crippen molar-refractivity contribution in [2.75, 3.05) is 20.3 Å². The van der Waals surface area contributed by atoms with E-state index in [1.807, 2.05) is 62.4 Å². The normalized spacial score (nSPS) is 10.6. The molecule has 0 aliphatic heterocycles. The van der Waals surface area contributed by atoms with Gasteiger partial charge >= 0.3 is 0 Å². The van der Waals surface area contributed by atoms with Crippen molar-refractivity contribution in [1.29, 1.82) is 0 Å². The number of carbonyl (C=O) groups is 1. The molecule has 3 aromatic rings. The topological polar surface area (TPSA) is 47.6 Å². The van der Waals surface area contributed by atoms with Crippen LogP contribution < -0.4 is 14.8 Å². The zero-order valence-corrected chi connectivity index (χ0v) is 15.3. The van der Waals surface area contributed by atoms with Gasteiger partial charge in [-0.15, -0.1) is 0 Å². The molecule has 0 aliphatic rings. The van der Waals surface area contributed by atoms with Crippen LogP contribution in [0.15, 0.2) is 54.6 Å². The van der Waals surface area contributed by atoms with Gasteiger partial charge < -0.3 is 14.8 Å².